The average molecular weight is 896 g/mol. The number of thioether (sulfide) groups is 2. The summed E-state index contributed by atoms with van der Waals surface area (Å²) in [6, 6.07) is 0. The van der Waals surface area contributed by atoms with E-state index in [0.717, 1.165) is 26.2 Å². The van der Waals surface area contributed by atoms with Gasteiger partial charge in [-0.2, -0.15) is 0 Å². The molecule has 0 fully saturated rings. The molecule has 2 heterocycles. The summed E-state index contributed by atoms with van der Waals surface area (Å²) in [5, 5.41) is 16.6. The van der Waals surface area contributed by atoms with Crippen LogP contribution in [0.15, 0.2) is 139 Å². The molecule has 4 nitrogen and oxygen atoms in total. The van der Waals surface area contributed by atoms with Gasteiger partial charge >= 0.3 is 0 Å². The highest BCUT2D eigenvalue weighted by molar-refractivity contribution is 8.07. The van der Waals surface area contributed by atoms with Crippen molar-refractivity contribution in [2.24, 2.45) is 21.7 Å². The molecular weight excluding hydrogens is 825 g/mol. The minimum absolute atomic E-state index is 0.155. The van der Waals surface area contributed by atoms with Crippen LogP contribution in [-0.2, 0) is 0 Å². The van der Waals surface area contributed by atoms with Gasteiger partial charge in [-0.3, -0.25) is 0 Å². The first kappa shape index (κ1) is 53.6. The predicted molar refractivity (Wildman–Crippen MR) is 264 cm³/mol. The lowest BCUT2D eigenvalue weighted by atomic mass is 9.91. The Bertz CT molecular complexity index is 1720. The Balaban J connectivity index is 0.000000379. The third-order valence-corrected chi connectivity index (χ3v) is 13.7. The van der Waals surface area contributed by atoms with Crippen LogP contribution in [0, 0.1) is 21.7 Å². The van der Waals surface area contributed by atoms with E-state index in [4.69, 9.17) is 33.2 Å². The van der Waals surface area contributed by atoms with Crippen LogP contribution < -0.4 is 10.0 Å². The van der Waals surface area contributed by atoms with Crippen molar-refractivity contribution in [2.75, 3.05) is 37.9 Å². The van der Waals surface area contributed by atoms with E-state index in [1.54, 1.807) is 0 Å². The van der Waals surface area contributed by atoms with Crippen LogP contribution in [0.2, 0.25) is 0 Å². The first-order valence-corrected chi connectivity index (χ1v) is 23.6. The van der Waals surface area contributed by atoms with Crippen molar-refractivity contribution in [2.45, 2.75) is 96.9 Å². The van der Waals surface area contributed by atoms with Gasteiger partial charge in [0, 0.05) is 24.3 Å². The van der Waals surface area contributed by atoms with Crippen molar-refractivity contribution >= 4 is 65.5 Å². The maximum atomic E-state index is 9.89. The van der Waals surface area contributed by atoms with Crippen LogP contribution in [0.5, 0.6) is 0 Å². The molecule has 0 unspecified atom stereocenters. The number of alkyl halides is 2. The van der Waals surface area contributed by atoms with Gasteiger partial charge in [-0.05, 0) is 126 Å². The maximum Gasteiger partial charge on any atom is 0.199 e. The Labute approximate surface area is 382 Å². The molecule has 0 saturated carbocycles. The van der Waals surface area contributed by atoms with E-state index in [1.807, 2.05) is 23.5 Å². The van der Waals surface area contributed by atoms with Crippen molar-refractivity contribution in [3.63, 3.8) is 0 Å². The number of hydrogen-bond acceptors (Lipinski definition) is 4. The van der Waals surface area contributed by atoms with E-state index in [-0.39, 0.29) is 21.7 Å². The fraction of sp³-hybridized carbons (Fsp3) is 0.480. The molecule has 0 saturated heterocycles. The molecule has 0 spiro atoms. The molecule has 0 bridgehead atoms. The molecular formula is C50H70BCl2FN2O2S2. The largest absolute Gasteiger partial charge is 0.867 e. The van der Waals surface area contributed by atoms with Crippen LogP contribution in [0.25, 0.3) is 0 Å². The van der Waals surface area contributed by atoms with Gasteiger partial charge in [0.2, 0.25) is 0 Å². The van der Waals surface area contributed by atoms with Crippen molar-refractivity contribution in [1.82, 2.24) is 0 Å². The summed E-state index contributed by atoms with van der Waals surface area (Å²) in [4.78, 5) is 5.70. The first-order chi connectivity index (χ1) is 27.8. The Morgan fingerprint density at radius 3 is 0.933 bits per heavy atom. The zero-order valence-corrected chi connectivity index (χ0v) is 41.9. The number of halogens is 3. The van der Waals surface area contributed by atoms with Crippen LogP contribution in [0.4, 0.5) is 4.32 Å². The molecule has 328 valence electrons. The average Bonchev–Trinajstić information content (AvgIpc) is 3.16. The van der Waals surface area contributed by atoms with E-state index in [0.29, 0.717) is 11.8 Å². The molecule has 0 N–H and O–H groups in total. The second-order valence-electron chi connectivity index (χ2n) is 18.9. The second-order valence-corrected chi connectivity index (χ2v) is 21.8. The lowest BCUT2D eigenvalue weighted by Crippen LogP contribution is -2.39. The second kappa shape index (κ2) is 24.3. The maximum absolute atomic E-state index is 9.89. The number of allylic oxidation sites excluding steroid dienone is 24. The third-order valence-electron chi connectivity index (χ3n) is 9.51. The highest BCUT2D eigenvalue weighted by Gasteiger charge is 2.29. The summed E-state index contributed by atoms with van der Waals surface area (Å²) < 4.78 is 14.5. The molecule has 4 rings (SSSR count). The Morgan fingerprint density at radius 1 is 0.500 bits per heavy atom. The van der Waals surface area contributed by atoms with Crippen LogP contribution in [-0.4, -0.2) is 65.9 Å². The monoisotopic (exact) mass is 894 g/mol. The molecule has 0 aromatic heterocycles. The molecule has 10 heteroatoms. The predicted octanol–water partition coefficient (Wildman–Crippen LogP) is 12.2. The fourth-order valence-corrected chi connectivity index (χ4v) is 8.72. The van der Waals surface area contributed by atoms with Gasteiger partial charge in [0.1, 0.15) is 20.5 Å². The van der Waals surface area contributed by atoms with E-state index < -0.39 is 7.40 Å². The summed E-state index contributed by atoms with van der Waals surface area (Å²) in [6.07, 6.45) is 35.7. The fourth-order valence-electron chi connectivity index (χ4n) is 5.84. The lowest BCUT2D eigenvalue weighted by molar-refractivity contribution is -0.518. The van der Waals surface area contributed by atoms with Gasteiger partial charge < -0.3 is 14.4 Å². The number of nitrogens with zero attached hydrogens (tertiary/aromatic N) is 2. The van der Waals surface area contributed by atoms with E-state index in [2.05, 4.69) is 203 Å². The van der Waals surface area contributed by atoms with Crippen LogP contribution >= 0.6 is 46.7 Å². The molecule has 0 radical (unpaired) electrons. The van der Waals surface area contributed by atoms with Gasteiger partial charge in [-0.1, -0.05) is 131 Å². The Hall–Kier alpha value is -2.59. The zero-order chi connectivity index (χ0) is 45.5. The van der Waals surface area contributed by atoms with Crippen LogP contribution in [0.1, 0.15) is 96.9 Å². The van der Waals surface area contributed by atoms with Gasteiger partial charge in [0.15, 0.2) is 24.5 Å². The highest BCUT2D eigenvalue weighted by Crippen LogP contribution is 2.50. The Kier molecular flexibility index (Phi) is 21.7. The van der Waals surface area contributed by atoms with E-state index in [1.165, 1.54) is 53.3 Å². The van der Waals surface area contributed by atoms with Gasteiger partial charge in [0.25, 0.3) is 0 Å². The quantitative estimate of drug-likeness (QED) is 0.138. The highest BCUT2D eigenvalue weighted by atomic mass is 35.5. The minimum atomic E-state index is -3.17. The van der Waals surface area contributed by atoms with Gasteiger partial charge in [-0.25, -0.2) is 9.15 Å². The summed E-state index contributed by atoms with van der Waals surface area (Å²) in [7, 11) is -3.17. The Morgan fingerprint density at radius 2 is 0.733 bits per heavy atom. The molecule has 4 aliphatic rings. The molecule has 60 heavy (non-hydrogen) atoms. The molecule has 0 amide bonds. The number of rotatable bonds is 8. The summed E-state index contributed by atoms with van der Waals surface area (Å²) in [5.74, 6) is 1.30. The summed E-state index contributed by atoms with van der Waals surface area (Å²) in [6.45, 7) is 35.5. The van der Waals surface area contributed by atoms with Crippen molar-refractivity contribution in [3.05, 3.63) is 139 Å². The van der Waals surface area contributed by atoms with E-state index in [9.17, 15) is 4.32 Å². The zero-order valence-electron chi connectivity index (χ0n) is 38.7. The van der Waals surface area contributed by atoms with Crippen molar-refractivity contribution in [1.29, 1.82) is 0 Å². The molecule has 0 aromatic carbocycles. The molecule has 0 atom stereocenters. The molecule has 2 aliphatic heterocycles. The lowest BCUT2D eigenvalue weighted by Gasteiger charge is -2.32. The standard InChI is InChI=1S/2C25H35ClNS.BFO2/c2*1-8-27(16-15-26)21-13-11-19(12-14-21)9-10-20-17-22(24(2,3)4)28-23(18-20)25(5,6)7;2-1(3)4/h2*9-14,17-18H,8,15-16H2,1-7H3;/q2*+1;-2. The van der Waals surface area contributed by atoms with Crippen molar-refractivity contribution in [3.8, 4) is 0 Å². The normalized spacial score (nSPS) is 16.8. The van der Waals surface area contributed by atoms with Gasteiger partial charge in [-0.15, -0.1) is 23.2 Å². The topological polar surface area (TPSA) is 52.1 Å². The van der Waals surface area contributed by atoms with Crippen molar-refractivity contribution < 1.29 is 23.5 Å². The third kappa shape index (κ3) is 18.8. The van der Waals surface area contributed by atoms with E-state index >= 15 is 0 Å². The molecule has 2 aliphatic carbocycles. The SMILES string of the molecule is CC[N+](CCCl)=C1C=CC(=CC=C2C=C(C(C)(C)C)SC(C(C)(C)C)=C2)C=C1.CC[N+](CCCl)=C1C=CC(=CC=C2C=C(C(C)(C)C)SC(C(C)(C)C)=C2)C=C1.[O-]B([O-])F. The summed E-state index contributed by atoms with van der Waals surface area (Å²) in [5.41, 5.74) is 8.05. The molecule has 0 aromatic rings. The minimum Gasteiger partial charge on any atom is -0.867 e. The number of hydrogen-bond donors (Lipinski definition) is 0. The van der Waals surface area contributed by atoms with Gasteiger partial charge in [0.05, 0.1) is 11.8 Å². The first-order valence-electron chi connectivity index (χ1n) is 20.9. The van der Waals surface area contributed by atoms with Crippen LogP contribution in [0.3, 0.4) is 0 Å². The summed E-state index contributed by atoms with van der Waals surface area (Å²) >= 11 is 15.7. The smallest absolute Gasteiger partial charge is 0.199 e.